The van der Waals surface area contributed by atoms with Gasteiger partial charge in [0.2, 0.25) is 0 Å². The molecule has 0 atom stereocenters. The number of hydrogen-bond acceptors (Lipinski definition) is 3. The third-order valence-corrected chi connectivity index (χ3v) is 3.86. The minimum Gasteiger partial charge on any atom is -0.390 e. The summed E-state index contributed by atoms with van der Waals surface area (Å²) in [5, 5.41) is 11.4. The van der Waals surface area contributed by atoms with Gasteiger partial charge in [-0.1, -0.05) is 30.3 Å². The SMILES string of the molecule is CNc1cccc(-c2ccnc3[nH]c4ccccc4c23)c1.N=CN. The van der Waals surface area contributed by atoms with E-state index in [1.165, 1.54) is 21.9 Å². The van der Waals surface area contributed by atoms with Crippen LogP contribution in [0.4, 0.5) is 5.69 Å². The van der Waals surface area contributed by atoms with Gasteiger partial charge in [0.05, 0.1) is 6.34 Å². The first kappa shape index (κ1) is 15.6. The summed E-state index contributed by atoms with van der Waals surface area (Å²) in [6, 6.07) is 18.9. The Balaban J connectivity index is 0.000000526. The Morgan fingerprint density at radius 2 is 1.92 bits per heavy atom. The molecule has 5 heteroatoms. The third kappa shape index (κ3) is 2.79. The van der Waals surface area contributed by atoms with Crippen LogP contribution in [0, 0.1) is 5.41 Å². The largest absolute Gasteiger partial charge is 0.390 e. The number of para-hydroxylation sites is 1. The third-order valence-electron chi connectivity index (χ3n) is 3.86. The van der Waals surface area contributed by atoms with Crippen LogP contribution >= 0.6 is 0 Å². The van der Waals surface area contributed by atoms with Gasteiger partial charge in [-0.05, 0) is 35.4 Å². The summed E-state index contributed by atoms with van der Waals surface area (Å²) in [5.74, 6) is 0. The van der Waals surface area contributed by atoms with Crippen LogP contribution in [0.3, 0.4) is 0 Å². The zero-order chi connectivity index (χ0) is 16.9. The molecule has 4 aromatic rings. The van der Waals surface area contributed by atoms with Crippen molar-refractivity contribution < 1.29 is 0 Å². The molecule has 4 rings (SSSR count). The van der Waals surface area contributed by atoms with Crippen LogP contribution in [0.5, 0.6) is 0 Å². The Morgan fingerprint density at radius 3 is 2.71 bits per heavy atom. The maximum Gasteiger partial charge on any atom is 0.138 e. The second-order valence-corrected chi connectivity index (χ2v) is 5.25. The van der Waals surface area contributed by atoms with E-state index in [-0.39, 0.29) is 0 Å². The molecule has 0 spiro atoms. The highest BCUT2D eigenvalue weighted by Crippen LogP contribution is 2.34. The molecule has 120 valence electrons. The second-order valence-electron chi connectivity index (χ2n) is 5.25. The van der Waals surface area contributed by atoms with Crippen LogP contribution in [0.15, 0.2) is 60.8 Å². The summed E-state index contributed by atoms with van der Waals surface area (Å²) < 4.78 is 0. The van der Waals surface area contributed by atoms with Crippen LogP contribution in [-0.4, -0.2) is 23.4 Å². The normalized spacial score (nSPS) is 10.2. The fourth-order valence-electron chi connectivity index (χ4n) is 2.85. The van der Waals surface area contributed by atoms with Crippen LogP contribution < -0.4 is 11.1 Å². The van der Waals surface area contributed by atoms with E-state index in [0.717, 1.165) is 23.2 Å². The fraction of sp³-hybridized carbons (Fsp3) is 0.0526. The molecule has 0 aliphatic rings. The lowest BCUT2D eigenvalue weighted by molar-refractivity contribution is 1.35. The fourth-order valence-corrected chi connectivity index (χ4v) is 2.85. The van der Waals surface area contributed by atoms with E-state index in [4.69, 9.17) is 5.41 Å². The number of H-pyrrole nitrogens is 1. The van der Waals surface area contributed by atoms with E-state index in [0.29, 0.717) is 0 Å². The summed E-state index contributed by atoms with van der Waals surface area (Å²) in [6.45, 7) is 0. The van der Waals surface area contributed by atoms with E-state index in [2.05, 4.69) is 69.5 Å². The number of nitrogens with one attached hydrogen (secondary N) is 3. The molecule has 0 radical (unpaired) electrons. The standard InChI is InChI=1S/C18H15N3.CH4N2/c1-19-13-6-4-5-12(11-13)14-9-10-20-18-17(14)15-7-2-3-8-16(15)21-18;2-1-3/h2-11,19H,1H3,(H,20,21);1H,(H3,2,3). The number of rotatable bonds is 2. The van der Waals surface area contributed by atoms with Crippen molar-refractivity contribution >= 4 is 34.0 Å². The molecule has 0 bridgehead atoms. The molecule has 0 fully saturated rings. The van der Waals surface area contributed by atoms with Gasteiger partial charge in [-0.25, -0.2) is 4.98 Å². The Kier molecular flexibility index (Phi) is 4.43. The number of anilines is 1. The van der Waals surface area contributed by atoms with Gasteiger partial charge in [0.15, 0.2) is 0 Å². The van der Waals surface area contributed by atoms with Crippen molar-refractivity contribution in [2.45, 2.75) is 0 Å². The van der Waals surface area contributed by atoms with Crippen molar-refractivity contribution in [3.05, 3.63) is 60.8 Å². The molecule has 0 aliphatic carbocycles. The maximum atomic E-state index is 5.86. The highest BCUT2D eigenvalue weighted by atomic mass is 14.8. The quantitative estimate of drug-likeness (QED) is 0.333. The molecule has 0 unspecified atom stereocenters. The Bertz CT molecular complexity index is 987. The smallest absolute Gasteiger partial charge is 0.138 e. The van der Waals surface area contributed by atoms with Crippen LogP contribution in [-0.2, 0) is 0 Å². The number of nitrogens with two attached hydrogens (primary N) is 1. The summed E-state index contributed by atoms with van der Waals surface area (Å²) in [6.07, 6.45) is 2.61. The van der Waals surface area contributed by atoms with Gasteiger partial charge in [0, 0.05) is 35.2 Å². The molecular formula is C19H19N5. The van der Waals surface area contributed by atoms with E-state index >= 15 is 0 Å². The van der Waals surface area contributed by atoms with Crippen molar-refractivity contribution in [1.29, 1.82) is 5.41 Å². The lowest BCUT2D eigenvalue weighted by Crippen LogP contribution is -1.88. The van der Waals surface area contributed by atoms with Gasteiger partial charge in [-0.2, -0.15) is 0 Å². The Labute approximate surface area is 140 Å². The molecule has 24 heavy (non-hydrogen) atoms. The zero-order valence-corrected chi connectivity index (χ0v) is 13.4. The Hall–Kier alpha value is -3.34. The molecule has 0 saturated carbocycles. The van der Waals surface area contributed by atoms with Gasteiger partial charge in [-0.3, -0.25) is 5.41 Å². The molecule has 5 nitrogen and oxygen atoms in total. The summed E-state index contributed by atoms with van der Waals surface area (Å²) in [4.78, 5) is 7.87. The number of hydrogen-bond donors (Lipinski definition) is 4. The molecule has 0 amide bonds. The van der Waals surface area contributed by atoms with Gasteiger partial charge < -0.3 is 16.0 Å². The summed E-state index contributed by atoms with van der Waals surface area (Å²) in [5.41, 5.74) is 9.95. The van der Waals surface area contributed by atoms with Crippen LogP contribution in [0.2, 0.25) is 0 Å². The van der Waals surface area contributed by atoms with E-state index < -0.39 is 0 Å². The van der Waals surface area contributed by atoms with Gasteiger partial charge in [-0.15, -0.1) is 0 Å². The van der Waals surface area contributed by atoms with Gasteiger partial charge in [0.1, 0.15) is 5.65 Å². The lowest BCUT2D eigenvalue weighted by Gasteiger charge is -2.06. The first-order chi connectivity index (χ1) is 11.8. The van der Waals surface area contributed by atoms with E-state index in [1.54, 1.807) is 0 Å². The average molecular weight is 317 g/mol. The number of benzene rings is 2. The van der Waals surface area contributed by atoms with Crippen molar-refractivity contribution in [1.82, 2.24) is 9.97 Å². The molecule has 2 aromatic carbocycles. The predicted molar refractivity (Wildman–Crippen MR) is 102 cm³/mol. The first-order valence-electron chi connectivity index (χ1n) is 7.62. The van der Waals surface area contributed by atoms with Crippen molar-refractivity contribution in [3.8, 4) is 11.1 Å². The molecule has 0 aliphatic heterocycles. The van der Waals surface area contributed by atoms with Gasteiger partial charge in [0.25, 0.3) is 0 Å². The van der Waals surface area contributed by atoms with Crippen molar-refractivity contribution in [2.24, 2.45) is 5.73 Å². The lowest BCUT2D eigenvalue weighted by atomic mass is 10.0. The van der Waals surface area contributed by atoms with Crippen molar-refractivity contribution in [3.63, 3.8) is 0 Å². The topological polar surface area (TPSA) is 90.6 Å². The van der Waals surface area contributed by atoms with Crippen molar-refractivity contribution in [2.75, 3.05) is 12.4 Å². The summed E-state index contributed by atoms with van der Waals surface area (Å²) in [7, 11) is 1.94. The first-order valence-corrected chi connectivity index (χ1v) is 7.62. The molecule has 5 N–H and O–H groups in total. The number of aromatic nitrogens is 2. The minimum absolute atomic E-state index is 0.750. The number of fused-ring (bicyclic) bond motifs is 3. The zero-order valence-electron chi connectivity index (χ0n) is 13.4. The number of aromatic amines is 1. The Morgan fingerprint density at radius 1 is 1.12 bits per heavy atom. The van der Waals surface area contributed by atoms with Crippen LogP contribution in [0.1, 0.15) is 0 Å². The molecule has 2 heterocycles. The number of pyridine rings is 1. The molecule has 2 aromatic heterocycles. The molecular weight excluding hydrogens is 298 g/mol. The van der Waals surface area contributed by atoms with Crippen LogP contribution in [0.25, 0.3) is 33.1 Å². The van der Waals surface area contributed by atoms with E-state index in [1.807, 2.05) is 19.3 Å². The average Bonchev–Trinajstić information content (AvgIpc) is 3.01. The molecule has 0 saturated heterocycles. The maximum absolute atomic E-state index is 5.86. The second kappa shape index (κ2) is 6.83. The van der Waals surface area contributed by atoms with Gasteiger partial charge >= 0.3 is 0 Å². The highest BCUT2D eigenvalue weighted by Gasteiger charge is 2.10. The number of nitrogens with zero attached hydrogens (tertiary/aromatic N) is 1. The van der Waals surface area contributed by atoms with E-state index in [9.17, 15) is 0 Å². The highest BCUT2D eigenvalue weighted by molar-refractivity contribution is 6.12. The minimum atomic E-state index is 0.750. The summed E-state index contributed by atoms with van der Waals surface area (Å²) >= 11 is 0. The predicted octanol–water partition coefficient (Wildman–Crippen LogP) is 3.98. The monoisotopic (exact) mass is 317 g/mol.